The molecule has 0 bridgehead atoms. The second kappa shape index (κ2) is 4.31. The van der Waals surface area contributed by atoms with Gasteiger partial charge in [0.25, 0.3) is 0 Å². The van der Waals surface area contributed by atoms with E-state index in [2.05, 4.69) is 21.2 Å². The fraction of sp³-hybridized carbons (Fsp3) is 0.333. The number of anilines is 1. The van der Waals surface area contributed by atoms with Crippen LogP contribution in [0.4, 0.5) is 5.82 Å². The fourth-order valence-electron chi connectivity index (χ4n) is 0.740. The standard InChI is InChI=1S/C9H11N3O/c1-4-7(2)13-9-6-11-5-8(10-3)12-9/h1,5-7H,2-3H3,(H,10,12). The van der Waals surface area contributed by atoms with Gasteiger partial charge in [-0.3, -0.25) is 4.98 Å². The molecule has 1 unspecified atom stereocenters. The molecule has 1 aromatic rings. The number of terminal acetylenes is 1. The lowest BCUT2D eigenvalue weighted by molar-refractivity contribution is 0.267. The summed E-state index contributed by atoms with van der Waals surface area (Å²) in [5.74, 6) is 3.52. The van der Waals surface area contributed by atoms with Crippen LogP contribution in [0, 0.1) is 12.3 Å². The van der Waals surface area contributed by atoms with Crippen molar-refractivity contribution in [2.45, 2.75) is 13.0 Å². The molecular formula is C9H11N3O. The molecule has 0 spiro atoms. The number of rotatable bonds is 3. The highest BCUT2D eigenvalue weighted by atomic mass is 16.5. The molecule has 1 aromatic heterocycles. The first kappa shape index (κ1) is 9.33. The first-order chi connectivity index (χ1) is 6.26. The second-order valence-electron chi connectivity index (χ2n) is 2.42. The van der Waals surface area contributed by atoms with E-state index in [1.54, 1.807) is 20.2 Å². The number of nitrogens with one attached hydrogen (secondary N) is 1. The van der Waals surface area contributed by atoms with Crippen molar-refractivity contribution in [1.29, 1.82) is 0 Å². The minimum atomic E-state index is -0.290. The predicted octanol–water partition coefficient (Wildman–Crippen LogP) is 0.919. The zero-order valence-corrected chi connectivity index (χ0v) is 7.61. The lowest BCUT2D eigenvalue weighted by Crippen LogP contribution is -2.10. The summed E-state index contributed by atoms with van der Waals surface area (Å²) in [5.41, 5.74) is 0. The second-order valence-corrected chi connectivity index (χ2v) is 2.42. The molecule has 0 aliphatic heterocycles. The Morgan fingerprint density at radius 3 is 3.00 bits per heavy atom. The maximum absolute atomic E-state index is 5.26. The van der Waals surface area contributed by atoms with Crippen LogP contribution in [0.2, 0.25) is 0 Å². The number of nitrogens with zero attached hydrogens (tertiary/aromatic N) is 2. The predicted molar refractivity (Wildman–Crippen MR) is 50.5 cm³/mol. The largest absolute Gasteiger partial charge is 0.460 e. The van der Waals surface area contributed by atoms with E-state index >= 15 is 0 Å². The van der Waals surface area contributed by atoms with Crippen LogP contribution in [0.25, 0.3) is 0 Å². The summed E-state index contributed by atoms with van der Waals surface area (Å²) in [5, 5.41) is 2.85. The van der Waals surface area contributed by atoms with Crippen molar-refractivity contribution < 1.29 is 4.74 Å². The van der Waals surface area contributed by atoms with Crippen molar-refractivity contribution >= 4 is 5.82 Å². The zero-order valence-electron chi connectivity index (χ0n) is 7.61. The van der Waals surface area contributed by atoms with Crippen molar-refractivity contribution in [2.75, 3.05) is 12.4 Å². The Kier molecular flexibility index (Phi) is 3.09. The molecular weight excluding hydrogens is 166 g/mol. The maximum atomic E-state index is 5.26. The minimum absolute atomic E-state index is 0.290. The average molecular weight is 177 g/mol. The van der Waals surface area contributed by atoms with Gasteiger partial charge in [0.15, 0.2) is 6.10 Å². The molecule has 0 saturated carbocycles. The zero-order chi connectivity index (χ0) is 9.68. The van der Waals surface area contributed by atoms with Gasteiger partial charge < -0.3 is 10.1 Å². The first-order valence-corrected chi connectivity index (χ1v) is 3.89. The highest BCUT2D eigenvalue weighted by Gasteiger charge is 2.01. The van der Waals surface area contributed by atoms with Crippen molar-refractivity contribution in [3.63, 3.8) is 0 Å². The molecule has 4 nitrogen and oxygen atoms in total. The smallest absolute Gasteiger partial charge is 0.235 e. The van der Waals surface area contributed by atoms with Crippen LogP contribution in [0.1, 0.15) is 6.92 Å². The quantitative estimate of drug-likeness (QED) is 0.697. The van der Waals surface area contributed by atoms with Crippen LogP contribution in [-0.4, -0.2) is 23.1 Å². The lowest BCUT2D eigenvalue weighted by Gasteiger charge is -2.07. The van der Waals surface area contributed by atoms with E-state index in [4.69, 9.17) is 11.2 Å². The molecule has 0 amide bonds. The van der Waals surface area contributed by atoms with Gasteiger partial charge >= 0.3 is 0 Å². The first-order valence-electron chi connectivity index (χ1n) is 3.89. The monoisotopic (exact) mass is 177 g/mol. The van der Waals surface area contributed by atoms with Crippen LogP contribution in [0.5, 0.6) is 5.88 Å². The minimum Gasteiger partial charge on any atom is -0.460 e. The van der Waals surface area contributed by atoms with Gasteiger partial charge in [-0.25, -0.2) is 0 Å². The van der Waals surface area contributed by atoms with Gasteiger partial charge in [0.2, 0.25) is 5.88 Å². The third-order valence-corrected chi connectivity index (χ3v) is 1.40. The van der Waals surface area contributed by atoms with Gasteiger partial charge in [0, 0.05) is 7.05 Å². The molecule has 68 valence electrons. The van der Waals surface area contributed by atoms with Crippen molar-refractivity contribution in [3.8, 4) is 18.2 Å². The molecule has 0 fully saturated rings. The molecule has 0 aromatic carbocycles. The molecule has 13 heavy (non-hydrogen) atoms. The molecule has 4 heteroatoms. The Bertz CT molecular complexity index is 319. The number of ether oxygens (including phenoxy) is 1. The van der Waals surface area contributed by atoms with Crippen LogP contribution in [-0.2, 0) is 0 Å². The normalized spacial score (nSPS) is 11.5. The van der Waals surface area contributed by atoms with E-state index in [0.29, 0.717) is 11.7 Å². The SMILES string of the molecule is C#CC(C)Oc1cncc(NC)n1. The summed E-state index contributed by atoms with van der Waals surface area (Å²) in [4.78, 5) is 8.01. The molecule has 0 aliphatic carbocycles. The Hall–Kier alpha value is -1.76. The van der Waals surface area contributed by atoms with Crippen molar-refractivity contribution in [2.24, 2.45) is 0 Å². The van der Waals surface area contributed by atoms with Crippen LogP contribution >= 0.6 is 0 Å². The van der Waals surface area contributed by atoms with E-state index in [-0.39, 0.29) is 6.10 Å². The lowest BCUT2D eigenvalue weighted by atomic mass is 10.4. The van der Waals surface area contributed by atoms with Gasteiger partial charge in [0.1, 0.15) is 5.82 Å². The molecule has 0 aliphatic rings. The molecule has 1 heterocycles. The molecule has 1 atom stereocenters. The molecule has 0 saturated heterocycles. The van der Waals surface area contributed by atoms with Gasteiger partial charge in [-0.15, -0.1) is 6.42 Å². The topological polar surface area (TPSA) is 47.0 Å². The van der Waals surface area contributed by atoms with Crippen molar-refractivity contribution in [3.05, 3.63) is 12.4 Å². The van der Waals surface area contributed by atoms with Crippen LogP contribution in [0.3, 0.4) is 0 Å². The van der Waals surface area contributed by atoms with E-state index in [1.165, 1.54) is 6.20 Å². The fourth-order valence-corrected chi connectivity index (χ4v) is 0.740. The van der Waals surface area contributed by atoms with E-state index in [1.807, 2.05) is 0 Å². The average Bonchev–Trinajstić information content (AvgIpc) is 2.18. The third kappa shape index (κ3) is 2.64. The Morgan fingerprint density at radius 1 is 1.62 bits per heavy atom. The molecule has 1 N–H and O–H groups in total. The van der Waals surface area contributed by atoms with Crippen molar-refractivity contribution in [1.82, 2.24) is 9.97 Å². The van der Waals surface area contributed by atoms with Gasteiger partial charge in [0.05, 0.1) is 12.4 Å². The van der Waals surface area contributed by atoms with Gasteiger partial charge in [-0.2, -0.15) is 4.98 Å². The summed E-state index contributed by atoms with van der Waals surface area (Å²) < 4.78 is 5.26. The highest BCUT2D eigenvalue weighted by molar-refractivity contribution is 5.32. The van der Waals surface area contributed by atoms with E-state index < -0.39 is 0 Å². The summed E-state index contributed by atoms with van der Waals surface area (Å²) in [6.45, 7) is 1.77. The Labute approximate surface area is 77.4 Å². The number of aromatic nitrogens is 2. The summed E-state index contributed by atoms with van der Waals surface area (Å²) in [6.07, 6.45) is 7.99. The van der Waals surface area contributed by atoms with Crippen LogP contribution in [0.15, 0.2) is 12.4 Å². The molecule has 1 rings (SSSR count). The summed E-state index contributed by atoms with van der Waals surface area (Å²) in [7, 11) is 1.76. The van der Waals surface area contributed by atoms with E-state index in [9.17, 15) is 0 Å². The Morgan fingerprint density at radius 2 is 2.38 bits per heavy atom. The van der Waals surface area contributed by atoms with Gasteiger partial charge in [-0.1, -0.05) is 5.92 Å². The Balaban J connectivity index is 2.73. The third-order valence-electron chi connectivity index (χ3n) is 1.40. The number of hydrogen-bond acceptors (Lipinski definition) is 4. The highest BCUT2D eigenvalue weighted by Crippen LogP contribution is 2.09. The molecule has 0 radical (unpaired) electrons. The van der Waals surface area contributed by atoms with Gasteiger partial charge in [-0.05, 0) is 6.92 Å². The number of hydrogen-bond donors (Lipinski definition) is 1. The summed E-state index contributed by atoms with van der Waals surface area (Å²) >= 11 is 0. The van der Waals surface area contributed by atoms with Crippen LogP contribution < -0.4 is 10.1 Å². The summed E-state index contributed by atoms with van der Waals surface area (Å²) in [6, 6.07) is 0. The van der Waals surface area contributed by atoms with E-state index in [0.717, 1.165) is 0 Å². The maximum Gasteiger partial charge on any atom is 0.235 e.